The standard InChI is InChI=1S/C15H20N2O4/c1-10-7-14(17(20)21)6-5-12(10)8-16-9-13(15(18)19)4-3-11(16)2/h5-7,11,13H,3-4,8-9H2,1-2H3,(H,18,19). The van der Waals surface area contributed by atoms with E-state index in [2.05, 4.69) is 11.8 Å². The molecule has 1 N–H and O–H groups in total. The summed E-state index contributed by atoms with van der Waals surface area (Å²) < 4.78 is 0. The Morgan fingerprint density at radius 2 is 2.19 bits per heavy atom. The number of hydrogen-bond acceptors (Lipinski definition) is 4. The number of carboxylic acids is 1. The maximum absolute atomic E-state index is 11.1. The summed E-state index contributed by atoms with van der Waals surface area (Å²) in [5.41, 5.74) is 1.97. The zero-order valence-corrected chi connectivity index (χ0v) is 12.3. The van der Waals surface area contributed by atoms with Gasteiger partial charge in [-0.25, -0.2) is 0 Å². The van der Waals surface area contributed by atoms with Gasteiger partial charge >= 0.3 is 5.97 Å². The molecular formula is C15H20N2O4. The van der Waals surface area contributed by atoms with Crippen LogP contribution in [-0.2, 0) is 11.3 Å². The van der Waals surface area contributed by atoms with Gasteiger partial charge in [0.2, 0.25) is 0 Å². The lowest BCUT2D eigenvalue weighted by atomic mass is 9.92. The summed E-state index contributed by atoms with van der Waals surface area (Å²) in [7, 11) is 0. The molecule has 6 nitrogen and oxygen atoms in total. The van der Waals surface area contributed by atoms with Crippen LogP contribution in [0.25, 0.3) is 0 Å². The number of aliphatic carboxylic acids is 1. The van der Waals surface area contributed by atoms with Crippen LogP contribution in [0.5, 0.6) is 0 Å². The molecule has 1 aliphatic rings. The van der Waals surface area contributed by atoms with Crippen LogP contribution in [0.3, 0.4) is 0 Å². The fourth-order valence-electron chi connectivity index (χ4n) is 2.79. The molecule has 0 aliphatic carbocycles. The van der Waals surface area contributed by atoms with Crippen LogP contribution >= 0.6 is 0 Å². The highest BCUT2D eigenvalue weighted by Crippen LogP contribution is 2.26. The fourth-order valence-corrected chi connectivity index (χ4v) is 2.79. The van der Waals surface area contributed by atoms with Crippen molar-refractivity contribution in [2.24, 2.45) is 5.92 Å². The van der Waals surface area contributed by atoms with Gasteiger partial charge in [-0.2, -0.15) is 0 Å². The smallest absolute Gasteiger partial charge is 0.307 e. The lowest BCUT2D eigenvalue weighted by molar-refractivity contribution is -0.384. The second-order valence-electron chi connectivity index (χ2n) is 5.76. The van der Waals surface area contributed by atoms with Gasteiger partial charge in [-0.3, -0.25) is 19.8 Å². The van der Waals surface area contributed by atoms with E-state index in [1.807, 2.05) is 6.92 Å². The third-order valence-corrected chi connectivity index (χ3v) is 4.27. The number of hydrogen-bond donors (Lipinski definition) is 1. The average Bonchev–Trinajstić information content (AvgIpc) is 2.42. The molecule has 1 aliphatic heterocycles. The molecule has 2 atom stereocenters. The molecule has 0 saturated carbocycles. The van der Waals surface area contributed by atoms with Crippen LogP contribution in [0, 0.1) is 23.0 Å². The molecule has 1 aromatic carbocycles. The Labute approximate surface area is 123 Å². The SMILES string of the molecule is Cc1cc([N+](=O)[O-])ccc1CN1CC(C(=O)O)CCC1C. The third kappa shape index (κ3) is 3.58. The molecular weight excluding hydrogens is 272 g/mol. The summed E-state index contributed by atoms with van der Waals surface area (Å²) in [5.74, 6) is -1.06. The van der Waals surface area contributed by atoms with Crippen LogP contribution < -0.4 is 0 Å². The number of non-ortho nitro benzene ring substituents is 1. The van der Waals surface area contributed by atoms with E-state index in [1.54, 1.807) is 12.1 Å². The topological polar surface area (TPSA) is 83.7 Å². The lowest BCUT2D eigenvalue weighted by Crippen LogP contribution is -2.43. The maximum atomic E-state index is 11.1. The second-order valence-corrected chi connectivity index (χ2v) is 5.76. The molecule has 6 heteroatoms. The number of nitro benzene ring substituents is 1. The van der Waals surface area contributed by atoms with E-state index in [4.69, 9.17) is 5.11 Å². The van der Waals surface area contributed by atoms with Gasteiger partial charge in [0.25, 0.3) is 5.69 Å². The van der Waals surface area contributed by atoms with Crippen LogP contribution in [0.4, 0.5) is 5.69 Å². The molecule has 114 valence electrons. The first-order valence-electron chi connectivity index (χ1n) is 7.09. The molecule has 1 heterocycles. The summed E-state index contributed by atoms with van der Waals surface area (Å²) in [6.45, 7) is 5.12. The molecule has 1 aromatic rings. The van der Waals surface area contributed by atoms with Crippen molar-refractivity contribution < 1.29 is 14.8 Å². The number of nitrogens with zero attached hydrogens (tertiary/aromatic N) is 2. The minimum absolute atomic E-state index is 0.0892. The zero-order valence-electron chi connectivity index (χ0n) is 12.3. The van der Waals surface area contributed by atoms with Gasteiger partial charge in [-0.05, 0) is 37.8 Å². The largest absolute Gasteiger partial charge is 0.481 e. The molecule has 0 aromatic heterocycles. The highest BCUT2D eigenvalue weighted by Gasteiger charge is 2.29. The number of piperidine rings is 1. The highest BCUT2D eigenvalue weighted by atomic mass is 16.6. The van der Waals surface area contributed by atoms with Crippen LogP contribution in [0.15, 0.2) is 18.2 Å². The van der Waals surface area contributed by atoms with Gasteiger partial charge in [0, 0.05) is 31.3 Å². The Morgan fingerprint density at radius 1 is 1.48 bits per heavy atom. The molecule has 1 saturated heterocycles. The Kier molecular flexibility index (Phi) is 4.57. The number of benzene rings is 1. The molecule has 21 heavy (non-hydrogen) atoms. The summed E-state index contributed by atoms with van der Waals surface area (Å²) >= 11 is 0. The molecule has 0 bridgehead atoms. The van der Waals surface area contributed by atoms with E-state index < -0.39 is 10.9 Å². The van der Waals surface area contributed by atoms with E-state index in [1.165, 1.54) is 6.07 Å². The van der Waals surface area contributed by atoms with E-state index >= 15 is 0 Å². The second kappa shape index (κ2) is 6.22. The zero-order chi connectivity index (χ0) is 15.6. The van der Waals surface area contributed by atoms with Gasteiger partial charge in [0.05, 0.1) is 10.8 Å². The van der Waals surface area contributed by atoms with Crippen molar-refractivity contribution in [1.82, 2.24) is 4.90 Å². The van der Waals surface area contributed by atoms with Crippen LogP contribution in [0.2, 0.25) is 0 Å². The number of carbonyl (C=O) groups is 1. The van der Waals surface area contributed by atoms with Crippen molar-refractivity contribution in [1.29, 1.82) is 0 Å². The number of rotatable bonds is 4. The van der Waals surface area contributed by atoms with E-state index in [0.29, 0.717) is 25.6 Å². The summed E-state index contributed by atoms with van der Waals surface area (Å²) in [6, 6.07) is 5.17. The molecule has 1 fully saturated rings. The fraction of sp³-hybridized carbons (Fsp3) is 0.533. The number of likely N-dealkylation sites (tertiary alicyclic amines) is 1. The normalized spacial score (nSPS) is 23.0. The van der Waals surface area contributed by atoms with Gasteiger partial charge in [0.1, 0.15) is 0 Å². The van der Waals surface area contributed by atoms with Crippen LogP contribution in [-0.4, -0.2) is 33.5 Å². The Bertz CT molecular complexity index is 559. The lowest BCUT2D eigenvalue weighted by Gasteiger charge is -2.36. The van der Waals surface area contributed by atoms with Gasteiger partial charge < -0.3 is 5.11 Å². The minimum atomic E-state index is -0.743. The molecule has 0 spiro atoms. The Hall–Kier alpha value is -1.95. The van der Waals surface area contributed by atoms with Crippen molar-refractivity contribution in [3.05, 3.63) is 39.4 Å². The number of nitro groups is 1. The van der Waals surface area contributed by atoms with Gasteiger partial charge in [-0.1, -0.05) is 6.07 Å². The van der Waals surface area contributed by atoms with Gasteiger partial charge in [-0.15, -0.1) is 0 Å². The first kappa shape index (κ1) is 15.4. The Balaban J connectivity index is 2.12. The van der Waals surface area contributed by atoms with E-state index in [-0.39, 0.29) is 11.6 Å². The van der Waals surface area contributed by atoms with Crippen molar-refractivity contribution in [2.75, 3.05) is 6.54 Å². The number of carboxylic acid groups (broad SMARTS) is 1. The van der Waals surface area contributed by atoms with E-state index in [0.717, 1.165) is 17.5 Å². The molecule has 0 amide bonds. The van der Waals surface area contributed by atoms with Crippen molar-refractivity contribution >= 4 is 11.7 Å². The monoisotopic (exact) mass is 292 g/mol. The Morgan fingerprint density at radius 3 is 2.76 bits per heavy atom. The van der Waals surface area contributed by atoms with E-state index in [9.17, 15) is 14.9 Å². The predicted octanol–water partition coefficient (Wildman–Crippen LogP) is 2.59. The number of aryl methyl sites for hydroxylation is 1. The maximum Gasteiger partial charge on any atom is 0.307 e. The summed E-state index contributed by atoms with van der Waals surface area (Å²) in [6.07, 6.45) is 1.58. The minimum Gasteiger partial charge on any atom is -0.481 e. The third-order valence-electron chi connectivity index (χ3n) is 4.27. The predicted molar refractivity (Wildman–Crippen MR) is 78.1 cm³/mol. The molecule has 0 radical (unpaired) electrons. The quantitative estimate of drug-likeness (QED) is 0.681. The average molecular weight is 292 g/mol. The van der Waals surface area contributed by atoms with Gasteiger partial charge in [0.15, 0.2) is 0 Å². The highest BCUT2D eigenvalue weighted by molar-refractivity contribution is 5.70. The van der Waals surface area contributed by atoms with Crippen molar-refractivity contribution in [3.63, 3.8) is 0 Å². The van der Waals surface area contributed by atoms with Crippen molar-refractivity contribution in [2.45, 2.75) is 39.3 Å². The van der Waals surface area contributed by atoms with Crippen molar-refractivity contribution in [3.8, 4) is 0 Å². The summed E-state index contributed by atoms with van der Waals surface area (Å²) in [4.78, 5) is 23.6. The summed E-state index contributed by atoms with van der Waals surface area (Å²) in [5, 5.41) is 19.9. The first-order chi connectivity index (χ1) is 9.88. The molecule has 2 unspecified atom stereocenters. The van der Waals surface area contributed by atoms with Crippen LogP contribution in [0.1, 0.15) is 30.9 Å². The first-order valence-corrected chi connectivity index (χ1v) is 7.09. The molecule has 2 rings (SSSR count).